The Bertz CT molecular complexity index is 1300. The molecular formula is C28H32FN5O3. The van der Waals surface area contributed by atoms with Gasteiger partial charge < -0.3 is 15.0 Å². The lowest BCUT2D eigenvalue weighted by molar-refractivity contribution is 0.0289. The minimum absolute atomic E-state index is 0.250. The molecule has 1 aromatic heterocycles. The van der Waals surface area contributed by atoms with Gasteiger partial charge >= 0.3 is 12.1 Å². The lowest BCUT2D eigenvalue weighted by Gasteiger charge is -2.24. The second kappa shape index (κ2) is 9.88. The van der Waals surface area contributed by atoms with Crippen molar-refractivity contribution in [3.63, 3.8) is 0 Å². The number of aromatic nitrogens is 2. The third kappa shape index (κ3) is 5.45. The van der Waals surface area contributed by atoms with Gasteiger partial charge in [-0.2, -0.15) is 5.10 Å². The Labute approximate surface area is 215 Å². The van der Waals surface area contributed by atoms with Crippen LogP contribution in [-0.2, 0) is 17.6 Å². The second-order valence-electron chi connectivity index (χ2n) is 10.6. The van der Waals surface area contributed by atoms with E-state index in [9.17, 15) is 14.0 Å². The zero-order chi connectivity index (χ0) is 26.2. The van der Waals surface area contributed by atoms with Crippen molar-refractivity contribution in [2.24, 2.45) is 0 Å². The minimum atomic E-state index is -0.648. The molecule has 2 atom stereocenters. The quantitative estimate of drug-likeness (QED) is 0.521. The van der Waals surface area contributed by atoms with Crippen LogP contribution in [-0.4, -0.2) is 51.5 Å². The molecule has 194 valence electrons. The summed E-state index contributed by atoms with van der Waals surface area (Å²) < 4.78 is 21.4. The van der Waals surface area contributed by atoms with Crippen LogP contribution in [0.3, 0.4) is 0 Å². The highest BCUT2D eigenvalue weighted by Crippen LogP contribution is 2.32. The standard InChI is InChI=1S/C28H32FN5O3/c1-28(2,3)37-27(36)33-16-22(18-9-7-10-19(29)15-18)24(17-33)30-26(35)31-25-21-13-8-14-23(21)32-34(25)20-11-5-4-6-12-20/h4-7,9-12,15,22,24H,8,13-14,16-17H2,1-3H3,(H2,30,31,35)/t22-,24+/m1/s1. The van der Waals surface area contributed by atoms with Crippen molar-refractivity contribution in [3.05, 3.63) is 77.2 Å². The molecule has 0 spiro atoms. The third-order valence-electron chi connectivity index (χ3n) is 6.70. The summed E-state index contributed by atoms with van der Waals surface area (Å²) in [6, 6.07) is 15.1. The molecule has 1 saturated heterocycles. The van der Waals surface area contributed by atoms with Gasteiger partial charge in [-0.15, -0.1) is 0 Å². The number of amides is 3. The number of ether oxygens (including phenoxy) is 1. The van der Waals surface area contributed by atoms with Gasteiger partial charge in [-0.25, -0.2) is 18.7 Å². The minimum Gasteiger partial charge on any atom is -0.444 e. The number of fused-ring (bicyclic) bond motifs is 1. The zero-order valence-corrected chi connectivity index (χ0v) is 21.3. The number of carbonyl (C=O) groups is 2. The zero-order valence-electron chi connectivity index (χ0n) is 21.3. The van der Waals surface area contributed by atoms with E-state index < -0.39 is 23.8 Å². The summed E-state index contributed by atoms with van der Waals surface area (Å²) in [4.78, 5) is 27.7. The maximum absolute atomic E-state index is 14.1. The van der Waals surface area contributed by atoms with Crippen molar-refractivity contribution in [1.82, 2.24) is 20.0 Å². The molecule has 0 bridgehead atoms. The van der Waals surface area contributed by atoms with Crippen LogP contribution in [0, 0.1) is 5.82 Å². The number of anilines is 1. The molecule has 0 radical (unpaired) electrons. The van der Waals surface area contributed by atoms with Crippen LogP contribution in [0.25, 0.3) is 5.69 Å². The van der Waals surface area contributed by atoms with E-state index in [1.54, 1.807) is 15.6 Å². The molecule has 1 aliphatic heterocycles. The molecule has 8 nitrogen and oxygen atoms in total. The van der Waals surface area contributed by atoms with E-state index in [1.807, 2.05) is 57.2 Å². The number of nitrogens with one attached hydrogen (secondary N) is 2. The molecule has 2 heterocycles. The number of halogens is 1. The Morgan fingerprint density at radius 2 is 1.84 bits per heavy atom. The summed E-state index contributed by atoms with van der Waals surface area (Å²) in [5.41, 5.74) is 2.97. The van der Waals surface area contributed by atoms with Crippen molar-refractivity contribution in [1.29, 1.82) is 0 Å². The van der Waals surface area contributed by atoms with Gasteiger partial charge in [0.05, 0.1) is 17.4 Å². The number of urea groups is 1. The van der Waals surface area contributed by atoms with Crippen molar-refractivity contribution in [3.8, 4) is 5.69 Å². The molecule has 37 heavy (non-hydrogen) atoms. The maximum atomic E-state index is 14.1. The Hall–Kier alpha value is -3.88. The van der Waals surface area contributed by atoms with Crippen molar-refractivity contribution >= 4 is 17.9 Å². The van der Waals surface area contributed by atoms with Gasteiger partial charge in [0.1, 0.15) is 17.2 Å². The summed E-state index contributed by atoms with van der Waals surface area (Å²) in [6.07, 6.45) is 2.26. The monoisotopic (exact) mass is 505 g/mol. The van der Waals surface area contributed by atoms with Crippen molar-refractivity contribution < 1.29 is 18.7 Å². The molecule has 9 heteroatoms. The van der Waals surface area contributed by atoms with Gasteiger partial charge in [0, 0.05) is 24.6 Å². The van der Waals surface area contributed by atoms with E-state index in [1.165, 1.54) is 12.1 Å². The summed E-state index contributed by atoms with van der Waals surface area (Å²) in [7, 11) is 0. The van der Waals surface area contributed by atoms with Crippen LogP contribution in [0.2, 0.25) is 0 Å². The SMILES string of the molecule is CC(C)(C)OC(=O)N1C[C@H](NC(=O)Nc2c3c(nn2-c2ccccc2)CCC3)[C@@H](c2cccc(F)c2)C1. The van der Waals surface area contributed by atoms with E-state index in [2.05, 4.69) is 10.6 Å². The van der Waals surface area contributed by atoms with Crippen molar-refractivity contribution in [2.45, 2.75) is 57.6 Å². The Morgan fingerprint density at radius 1 is 1.05 bits per heavy atom. The molecule has 3 aromatic rings. The van der Waals surface area contributed by atoms with E-state index in [4.69, 9.17) is 9.84 Å². The second-order valence-corrected chi connectivity index (χ2v) is 10.6. The number of aryl methyl sites for hydroxylation is 1. The smallest absolute Gasteiger partial charge is 0.410 e. The third-order valence-corrected chi connectivity index (χ3v) is 6.70. The van der Waals surface area contributed by atoms with Crippen LogP contribution in [0.5, 0.6) is 0 Å². The van der Waals surface area contributed by atoms with Crippen LogP contribution < -0.4 is 10.6 Å². The van der Waals surface area contributed by atoms with E-state index >= 15 is 0 Å². The fourth-order valence-electron chi connectivity index (χ4n) is 5.09. The highest BCUT2D eigenvalue weighted by Gasteiger charge is 2.39. The summed E-state index contributed by atoms with van der Waals surface area (Å²) in [6.45, 7) is 5.98. The topological polar surface area (TPSA) is 88.5 Å². The van der Waals surface area contributed by atoms with Crippen molar-refractivity contribution in [2.75, 3.05) is 18.4 Å². The first-order chi connectivity index (χ1) is 17.7. The molecule has 1 aliphatic carbocycles. The molecule has 3 amide bonds. The number of para-hydroxylation sites is 1. The van der Waals surface area contributed by atoms with Gasteiger partial charge in [-0.1, -0.05) is 30.3 Å². The Balaban J connectivity index is 1.38. The number of nitrogens with zero attached hydrogens (tertiary/aromatic N) is 3. The molecule has 2 N–H and O–H groups in total. The van der Waals surface area contributed by atoms with Gasteiger partial charge in [-0.05, 0) is 69.9 Å². The Kier molecular flexibility index (Phi) is 6.62. The van der Waals surface area contributed by atoms with E-state index in [0.29, 0.717) is 17.9 Å². The number of hydrogen-bond acceptors (Lipinski definition) is 4. The molecule has 5 rings (SSSR count). The first-order valence-corrected chi connectivity index (χ1v) is 12.6. The molecular weight excluding hydrogens is 473 g/mol. The van der Waals surface area contributed by atoms with Crippen LogP contribution in [0.15, 0.2) is 54.6 Å². The fourth-order valence-corrected chi connectivity index (χ4v) is 5.09. The van der Waals surface area contributed by atoms with Crippen LogP contribution in [0.1, 0.15) is 49.9 Å². The van der Waals surface area contributed by atoms with Gasteiger partial charge in [0.15, 0.2) is 0 Å². The molecule has 1 fully saturated rings. The fraction of sp³-hybridized carbons (Fsp3) is 0.393. The van der Waals surface area contributed by atoms with Crippen LogP contribution >= 0.6 is 0 Å². The molecule has 2 aromatic carbocycles. The highest BCUT2D eigenvalue weighted by molar-refractivity contribution is 5.90. The predicted molar refractivity (Wildman–Crippen MR) is 138 cm³/mol. The number of hydrogen-bond donors (Lipinski definition) is 2. The number of likely N-dealkylation sites (tertiary alicyclic amines) is 1. The largest absolute Gasteiger partial charge is 0.444 e. The Morgan fingerprint density at radius 3 is 2.57 bits per heavy atom. The lowest BCUT2D eigenvalue weighted by Crippen LogP contribution is -2.43. The summed E-state index contributed by atoms with van der Waals surface area (Å²) in [5, 5.41) is 10.8. The average Bonchev–Trinajstić information content (AvgIpc) is 3.55. The van der Waals surface area contributed by atoms with Gasteiger partial charge in [0.25, 0.3) is 0 Å². The molecule has 2 aliphatic rings. The molecule has 0 saturated carbocycles. The average molecular weight is 506 g/mol. The first kappa shape index (κ1) is 24.8. The number of carbonyl (C=O) groups excluding carboxylic acids is 2. The molecule has 0 unspecified atom stereocenters. The lowest BCUT2D eigenvalue weighted by atomic mass is 9.94. The number of benzene rings is 2. The van der Waals surface area contributed by atoms with E-state index in [0.717, 1.165) is 36.2 Å². The summed E-state index contributed by atoms with van der Waals surface area (Å²) >= 11 is 0. The first-order valence-electron chi connectivity index (χ1n) is 12.6. The normalized spacial score (nSPS) is 19.0. The number of rotatable bonds is 4. The van der Waals surface area contributed by atoms with Crippen LogP contribution in [0.4, 0.5) is 19.8 Å². The summed E-state index contributed by atoms with van der Waals surface area (Å²) in [5.74, 6) is -0.00189. The highest BCUT2D eigenvalue weighted by atomic mass is 19.1. The maximum Gasteiger partial charge on any atom is 0.410 e. The van der Waals surface area contributed by atoms with Gasteiger partial charge in [0.2, 0.25) is 0 Å². The predicted octanol–water partition coefficient (Wildman–Crippen LogP) is 5.02. The van der Waals surface area contributed by atoms with E-state index in [-0.39, 0.29) is 18.3 Å². The van der Waals surface area contributed by atoms with Gasteiger partial charge in [-0.3, -0.25) is 5.32 Å².